The molecule has 27 heavy (non-hydrogen) atoms. The minimum absolute atomic E-state index is 0.178. The minimum Gasteiger partial charge on any atom is -0.465 e. The van der Waals surface area contributed by atoms with Gasteiger partial charge in [0, 0.05) is 6.54 Å². The Morgan fingerprint density at radius 2 is 1.81 bits per heavy atom. The highest BCUT2D eigenvalue weighted by Gasteiger charge is 2.18. The zero-order valence-electron chi connectivity index (χ0n) is 15.5. The number of esters is 1. The second kappa shape index (κ2) is 9.05. The number of methoxy groups -OCH3 is 1. The molecule has 0 bridgehead atoms. The lowest BCUT2D eigenvalue weighted by Crippen LogP contribution is -2.30. The van der Waals surface area contributed by atoms with E-state index in [1.54, 1.807) is 24.3 Å². The standard InChI is InChI=1S/C22H24ClNO3/c1-27-22(26)18-10-6-5-9-17(18)16-11-12-20(23)19(13-16)21(25)24-14-15-7-3-2-4-8-15/h5-6,9-13,15H,2-4,7-8,14H2,1H3,(H,24,25). The van der Waals surface area contributed by atoms with Gasteiger partial charge in [-0.1, -0.05) is 55.1 Å². The third-order valence-corrected chi connectivity index (χ3v) is 5.46. The molecular formula is C22H24ClNO3. The summed E-state index contributed by atoms with van der Waals surface area (Å²) in [5.41, 5.74) is 2.34. The Morgan fingerprint density at radius 1 is 1.07 bits per heavy atom. The number of amides is 1. The maximum Gasteiger partial charge on any atom is 0.338 e. The summed E-state index contributed by atoms with van der Waals surface area (Å²) in [5, 5.41) is 3.42. The minimum atomic E-state index is -0.413. The van der Waals surface area contributed by atoms with Crippen molar-refractivity contribution < 1.29 is 14.3 Å². The van der Waals surface area contributed by atoms with Crippen LogP contribution in [0.5, 0.6) is 0 Å². The fourth-order valence-corrected chi connectivity index (χ4v) is 3.82. The van der Waals surface area contributed by atoms with E-state index in [1.165, 1.54) is 39.2 Å². The maximum absolute atomic E-state index is 12.7. The number of halogens is 1. The van der Waals surface area contributed by atoms with Crippen LogP contribution < -0.4 is 5.32 Å². The zero-order chi connectivity index (χ0) is 19.2. The quantitative estimate of drug-likeness (QED) is 0.728. The van der Waals surface area contributed by atoms with E-state index < -0.39 is 5.97 Å². The SMILES string of the molecule is COC(=O)c1ccccc1-c1ccc(Cl)c(C(=O)NCC2CCCCC2)c1. The van der Waals surface area contributed by atoms with E-state index in [0.29, 0.717) is 34.2 Å². The van der Waals surface area contributed by atoms with Crippen molar-refractivity contribution in [2.75, 3.05) is 13.7 Å². The fraction of sp³-hybridized carbons (Fsp3) is 0.364. The van der Waals surface area contributed by atoms with Gasteiger partial charge in [0.15, 0.2) is 0 Å². The van der Waals surface area contributed by atoms with E-state index in [0.717, 1.165) is 5.56 Å². The van der Waals surface area contributed by atoms with Crippen molar-refractivity contribution in [2.24, 2.45) is 5.92 Å². The summed E-state index contributed by atoms with van der Waals surface area (Å²) in [6, 6.07) is 12.4. The predicted octanol–water partition coefficient (Wildman–Crippen LogP) is 5.10. The molecule has 0 saturated heterocycles. The van der Waals surface area contributed by atoms with Gasteiger partial charge < -0.3 is 10.1 Å². The van der Waals surface area contributed by atoms with Crippen molar-refractivity contribution in [2.45, 2.75) is 32.1 Å². The molecule has 1 aliphatic carbocycles. The molecule has 0 aromatic heterocycles. The zero-order valence-corrected chi connectivity index (χ0v) is 16.2. The Labute approximate surface area is 164 Å². The van der Waals surface area contributed by atoms with E-state index in [2.05, 4.69) is 5.32 Å². The van der Waals surface area contributed by atoms with E-state index >= 15 is 0 Å². The molecule has 4 nitrogen and oxygen atoms in total. The lowest BCUT2D eigenvalue weighted by Gasteiger charge is -2.22. The molecular weight excluding hydrogens is 362 g/mol. The molecule has 0 radical (unpaired) electrons. The molecule has 1 N–H and O–H groups in total. The lowest BCUT2D eigenvalue weighted by atomic mass is 9.89. The van der Waals surface area contributed by atoms with Crippen LogP contribution in [-0.4, -0.2) is 25.5 Å². The summed E-state index contributed by atoms with van der Waals surface area (Å²) in [6.07, 6.45) is 6.10. The van der Waals surface area contributed by atoms with Crippen molar-refractivity contribution in [1.29, 1.82) is 0 Å². The highest BCUT2D eigenvalue weighted by atomic mass is 35.5. The van der Waals surface area contributed by atoms with Crippen LogP contribution in [-0.2, 0) is 4.74 Å². The third-order valence-electron chi connectivity index (χ3n) is 5.13. The number of carbonyl (C=O) groups is 2. The van der Waals surface area contributed by atoms with Gasteiger partial charge in [-0.05, 0) is 48.1 Å². The van der Waals surface area contributed by atoms with Gasteiger partial charge in [-0.2, -0.15) is 0 Å². The molecule has 0 atom stereocenters. The summed E-state index contributed by atoms with van der Waals surface area (Å²) < 4.78 is 4.86. The Kier molecular flexibility index (Phi) is 6.51. The first-order chi connectivity index (χ1) is 13.1. The molecule has 0 heterocycles. The van der Waals surface area contributed by atoms with Gasteiger partial charge in [-0.15, -0.1) is 0 Å². The molecule has 1 amide bonds. The van der Waals surface area contributed by atoms with Crippen molar-refractivity contribution in [3.05, 3.63) is 58.6 Å². The van der Waals surface area contributed by atoms with Crippen LogP contribution in [0, 0.1) is 5.92 Å². The van der Waals surface area contributed by atoms with E-state index in [9.17, 15) is 9.59 Å². The van der Waals surface area contributed by atoms with Gasteiger partial charge in [0.1, 0.15) is 0 Å². The normalized spacial score (nSPS) is 14.6. The Hall–Kier alpha value is -2.33. The van der Waals surface area contributed by atoms with Crippen LogP contribution >= 0.6 is 11.6 Å². The molecule has 142 valence electrons. The van der Waals surface area contributed by atoms with Crippen LogP contribution in [0.25, 0.3) is 11.1 Å². The summed E-state index contributed by atoms with van der Waals surface area (Å²) >= 11 is 6.28. The Balaban J connectivity index is 1.82. The van der Waals surface area contributed by atoms with Gasteiger partial charge in [-0.3, -0.25) is 4.79 Å². The van der Waals surface area contributed by atoms with E-state index in [-0.39, 0.29) is 5.91 Å². The average Bonchev–Trinajstić information content (AvgIpc) is 2.72. The molecule has 0 aliphatic heterocycles. The summed E-state index contributed by atoms with van der Waals surface area (Å²) in [6.45, 7) is 0.679. The highest BCUT2D eigenvalue weighted by Crippen LogP contribution is 2.29. The molecule has 1 aliphatic rings. The smallest absolute Gasteiger partial charge is 0.338 e. The second-order valence-corrected chi connectivity index (χ2v) is 7.35. The number of nitrogens with one attached hydrogen (secondary N) is 1. The van der Waals surface area contributed by atoms with Crippen LogP contribution in [0.3, 0.4) is 0 Å². The number of ether oxygens (including phenoxy) is 1. The Morgan fingerprint density at radius 3 is 2.56 bits per heavy atom. The monoisotopic (exact) mass is 385 g/mol. The second-order valence-electron chi connectivity index (χ2n) is 6.95. The number of benzene rings is 2. The number of rotatable bonds is 5. The molecule has 2 aromatic rings. The molecule has 5 heteroatoms. The van der Waals surface area contributed by atoms with Crippen molar-refractivity contribution in [1.82, 2.24) is 5.32 Å². The largest absolute Gasteiger partial charge is 0.465 e. The third kappa shape index (κ3) is 4.69. The van der Waals surface area contributed by atoms with Gasteiger partial charge >= 0.3 is 5.97 Å². The first-order valence-electron chi connectivity index (χ1n) is 9.35. The van der Waals surface area contributed by atoms with Crippen LogP contribution in [0.1, 0.15) is 52.8 Å². The topological polar surface area (TPSA) is 55.4 Å². The fourth-order valence-electron chi connectivity index (χ4n) is 3.61. The van der Waals surface area contributed by atoms with E-state index in [4.69, 9.17) is 16.3 Å². The van der Waals surface area contributed by atoms with Crippen LogP contribution in [0.4, 0.5) is 0 Å². The van der Waals surface area contributed by atoms with Gasteiger partial charge in [-0.25, -0.2) is 4.79 Å². The summed E-state index contributed by atoms with van der Waals surface area (Å²) in [7, 11) is 1.35. The van der Waals surface area contributed by atoms with Gasteiger partial charge in [0.2, 0.25) is 0 Å². The van der Waals surface area contributed by atoms with Gasteiger partial charge in [0.25, 0.3) is 5.91 Å². The molecule has 0 unspecified atom stereocenters. The first-order valence-corrected chi connectivity index (χ1v) is 9.73. The molecule has 1 saturated carbocycles. The first kappa shape index (κ1) is 19.4. The van der Waals surface area contributed by atoms with Gasteiger partial charge in [0.05, 0.1) is 23.3 Å². The molecule has 3 rings (SSSR count). The Bertz CT molecular complexity index is 828. The van der Waals surface area contributed by atoms with Crippen LogP contribution in [0.15, 0.2) is 42.5 Å². The molecule has 0 spiro atoms. The number of hydrogen-bond donors (Lipinski definition) is 1. The van der Waals surface area contributed by atoms with E-state index in [1.807, 2.05) is 18.2 Å². The molecule has 2 aromatic carbocycles. The van der Waals surface area contributed by atoms with Crippen LogP contribution in [0.2, 0.25) is 5.02 Å². The van der Waals surface area contributed by atoms with Crippen molar-refractivity contribution in [3.63, 3.8) is 0 Å². The maximum atomic E-state index is 12.7. The summed E-state index contributed by atoms with van der Waals surface area (Å²) in [5.74, 6) is -0.0449. The summed E-state index contributed by atoms with van der Waals surface area (Å²) in [4.78, 5) is 24.7. The predicted molar refractivity (Wildman–Crippen MR) is 107 cm³/mol. The highest BCUT2D eigenvalue weighted by molar-refractivity contribution is 6.34. The van der Waals surface area contributed by atoms with Crippen molar-refractivity contribution in [3.8, 4) is 11.1 Å². The number of hydrogen-bond acceptors (Lipinski definition) is 3. The molecule has 1 fully saturated rings. The van der Waals surface area contributed by atoms with Crippen molar-refractivity contribution >= 4 is 23.5 Å². The lowest BCUT2D eigenvalue weighted by molar-refractivity contribution is 0.0601. The average molecular weight is 386 g/mol. The number of carbonyl (C=O) groups excluding carboxylic acids is 2.